The van der Waals surface area contributed by atoms with Crippen LogP contribution in [0.3, 0.4) is 0 Å². The molecule has 0 aliphatic heterocycles. The molecule has 0 amide bonds. The number of hydrogen-bond acceptors (Lipinski definition) is 3. The van der Waals surface area contributed by atoms with Crippen molar-refractivity contribution in [2.45, 2.75) is 19.9 Å². The van der Waals surface area contributed by atoms with Crippen LogP contribution >= 0.6 is 0 Å². The first-order chi connectivity index (χ1) is 7.15. The van der Waals surface area contributed by atoms with Gasteiger partial charge in [-0.1, -0.05) is 5.92 Å². The average molecular weight is 207 g/mol. The molecule has 0 spiro atoms. The van der Waals surface area contributed by atoms with Crippen LogP contribution < -0.4 is 5.32 Å². The van der Waals surface area contributed by atoms with E-state index in [1.807, 2.05) is 6.92 Å². The topological polar surface area (TPSA) is 62.5 Å². The number of furan rings is 1. The van der Waals surface area contributed by atoms with Crippen LogP contribution in [-0.4, -0.2) is 17.6 Å². The van der Waals surface area contributed by atoms with E-state index in [0.717, 1.165) is 0 Å². The van der Waals surface area contributed by atoms with E-state index in [4.69, 9.17) is 9.52 Å². The number of nitrogens with one attached hydrogen (secondary N) is 1. The molecule has 0 fully saturated rings. The molecule has 1 rings (SSSR count). The molecule has 1 heterocycles. The Morgan fingerprint density at radius 3 is 2.93 bits per heavy atom. The summed E-state index contributed by atoms with van der Waals surface area (Å²) in [4.78, 5) is 10.6. The molecule has 4 heteroatoms. The summed E-state index contributed by atoms with van der Waals surface area (Å²) >= 11 is 0. The molecule has 0 aliphatic carbocycles. The summed E-state index contributed by atoms with van der Waals surface area (Å²) in [6.45, 7) is 4.21. The first-order valence-corrected chi connectivity index (χ1v) is 4.61. The molecular formula is C11H13NO3. The average Bonchev–Trinajstić information content (AvgIpc) is 2.66. The Balaban J connectivity index is 2.60. The standard InChI is InChI=1S/C11H13NO3/c1-3-4-7-12-8(2)9-5-6-10(15-9)11(13)14/h5-6,8,12H,7H2,1-2H3,(H,13,14). The maximum absolute atomic E-state index is 10.6. The zero-order valence-electron chi connectivity index (χ0n) is 8.70. The summed E-state index contributed by atoms with van der Waals surface area (Å²) in [6.07, 6.45) is 0. The van der Waals surface area contributed by atoms with Gasteiger partial charge in [0.25, 0.3) is 0 Å². The third-order valence-electron chi connectivity index (χ3n) is 1.94. The van der Waals surface area contributed by atoms with Crippen molar-refractivity contribution in [3.8, 4) is 11.8 Å². The Morgan fingerprint density at radius 2 is 2.40 bits per heavy atom. The van der Waals surface area contributed by atoms with Gasteiger partial charge in [-0.3, -0.25) is 5.32 Å². The maximum atomic E-state index is 10.6. The number of rotatable bonds is 4. The van der Waals surface area contributed by atoms with E-state index in [-0.39, 0.29) is 11.8 Å². The first kappa shape index (κ1) is 11.3. The van der Waals surface area contributed by atoms with Crippen LogP contribution in [0.15, 0.2) is 16.5 Å². The molecule has 0 saturated heterocycles. The van der Waals surface area contributed by atoms with Crippen LogP contribution in [0.5, 0.6) is 0 Å². The molecule has 1 aromatic rings. The lowest BCUT2D eigenvalue weighted by Crippen LogP contribution is -2.18. The summed E-state index contributed by atoms with van der Waals surface area (Å²) < 4.78 is 5.13. The molecule has 0 bridgehead atoms. The summed E-state index contributed by atoms with van der Waals surface area (Å²) in [5, 5.41) is 11.7. The van der Waals surface area contributed by atoms with E-state index in [1.54, 1.807) is 13.0 Å². The Hall–Kier alpha value is -1.73. The van der Waals surface area contributed by atoms with E-state index in [2.05, 4.69) is 17.2 Å². The summed E-state index contributed by atoms with van der Waals surface area (Å²) in [7, 11) is 0. The minimum atomic E-state index is -1.05. The van der Waals surface area contributed by atoms with Crippen LogP contribution in [0.1, 0.15) is 36.2 Å². The highest BCUT2D eigenvalue weighted by Crippen LogP contribution is 2.15. The van der Waals surface area contributed by atoms with Gasteiger partial charge in [0, 0.05) is 0 Å². The fraction of sp³-hybridized carbons (Fsp3) is 0.364. The molecule has 15 heavy (non-hydrogen) atoms. The quantitative estimate of drug-likeness (QED) is 0.737. The van der Waals surface area contributed by atoms with Crippen molar-refractivity contribution in [1.82, 2.24) is 5.32 Å². The summed E-state index contributed by atoms with van der Waals surface area (Å²) in [5.74, 6) is 5.13. The highest BCUT2D eigenvalue weighted by Gasteiger charge is 2.12. The third-order valence-corrected chi connectivity index (χ3v) is 1.94. The molecule has 4 nitrogen and oxygen atoms in total. The molecule has 1 aromatic heterocycles. The monoisotopic (exact) mass is 207 g/mol. The number of carboxylic acids is 1. The second-order valence-corrected chi connectivity index (χ2v) is 3.04. The zero-order valence-corrected chi connectivity index (χ0v) is 8.70. The van der Waals surface area contributed by atoms with Gasteiger partial charge in [-0.05, 0) is 26.0 Å². The molecule has 0 radical (unpaired) electrons. The fourth-order valence-corrected chi connectivity index (χ4v) is 1.09. The smallest absolute Gasteiger partial charge is 0.371 e. The summed E-state index contributed by atoms with van der Waals surface area (Å²) in [6, 6.07) is 3.06. The van der Waals surface area contributed by atoms with E-state index in [0.29, 0.717) is 12.3 Å². The van der Waals surface area contributed by atoms with Gasteiger partial charge in [0.05, 0.1) is 12.6 Å². The third kappa shape index (κ3) is 3.15. The lowest BCUT2D eigenvalue weighted by Gasteiger charge is -2.07. The van der Waals surface area contributed by atoms with Crippen LogP contribution in [0.4, 0.5) is 0 Å². The molecule has 0 aromatic carbocycles. The van der Waals surface area contributed by atoms with Gasteiger partial charge in [0.1, 0.15) is 5.76 Å². The lowest BCUT2D eigenvalue weighted by molar-refractivity contribution is 0.0659. The Labute approximate surface area is 88.3 Å². The minimum absolute atomic E-state index is 0.0415. The number of carbonyl (C=O) groups is 1. The van der Waals surface area contributed by atoms with Gasteiger partial charge >= 0.3 is 5.97 Å². The van der Waals surface area contributed by atoms with Crippen LogP contribution in [0, 0.1) is 11.8 Å². The van der Waals surface area contributed by atoms with Crippen LogP contribution in [0.25, 0.3) is 0 Å². The van der Waals surface area contributed by atoms with Gasteiger partial charge in [-0.25, -0.2) is 4.79 Å². The van der Waals surface area contributed by atoms with Crippen molar-refractivity contribution in [2.75, 3.05) is 6.54 Å². The second kappa shape index (κ2) is 5.23. The molecule has 2 N–H and O–H groups in total. The van der Waals surface area contributed by atoms with E-state index in [1.165, 1.54) is 6.07 Å². The van der Waals surface area contributed by atoms with E-state index >= 15 is 0 Å². The van der Waals surface area contributed by atoms with Crippen molar-refractivity contribution in [3.05, 3.63) is 23.7 Å². The normalized spacial score (nSPS) is 11.6. The van der Waals surface area contributed by atoms with Crippen molar-refractivity contribution in [3.63, 3.8) is 0 Å². The van der Waals surface area contributed by atoms with Crippen LogP contribution in [-0.2, 0) is 0 Å². The molecule has 1 unspecified atom stereocenters. The molecule has 0 aliphatic rings. The number of hydrogen-bond donors (Lipinski definition) is 2. The first-order valence-electron chi connectivity index (χ1n) is 4.61. The van der Waals surface area contributed by atoms with Crippen molar-refractivity contribution in [2.24, 2.45) is 0 Å². The largest absolute Gasteiger partial charge is 0.475 e. The van der Waals surface area contributed by atoms with E-state index in [9.17, 15) is 4.79 Å². The van der Waals surface area contributed by atoms with Crippen LogP contribution in [0.2, 0.25) is 0 Å². The van der Waals surface area contributed by atoms with Gasteiger partial charge < -0.3 is 9.52 Å². The predicted molar refractivity (Wildman–Crippen MR) is 55.5 cm³/mol. The fourth-order valence-electron chi connectivity index (χ4n) is 1.09. The van der Waals surface area contributed by atoms with Gasteiger partial charge in [-0.2, -0.15) is 0 Å². The zero-order chi connectivity index (χ0) is 11.3. The molecular weight excluding hydrogens is 194 g/mol. The van der Waals surface area contributed by atoms with Crippen molar-refractivity contribution in [1.29, 1.82) is 0 Å². The lowest BCUT2D eigenvalue weighted by atomic mass is 10.2. The van der Waals surface area contributed by atoms with Crippen molar-refractivity contribution >= 4 is 5.97 Å². The van der Waals surface area contributed by atoms with Gasteiger partial charge in [0.15, 0.2) is 0 Å². The number of aromatic carboxylic acids is 1. The number of carboxylic acid groups (broad SMARTS) is 1. The highest BCUT2D eigenvalue weighted by molar-refractivity contribution is 5.84. The second-order valence-electron chi connectivity index (χ2n) is 3.04. The minimum Gasteiger partial charge on any atom is -0.475 e. The Kier molecular flexibility index (Phi) is 3.95. The maximum Gasteiger partial charge on any atom is 0.371 e. The summed E-state index contributed by atoms with van der Waals surface area (Å²) in [5.41, 5.74) is 0. The molecule has 80 valence electrons. The molecule has 0 saturated carbocycles. The Morgan fingerprint density at radius 1 is 1.67 bits per heavy atom. The van der Waals surface area contributed by atoms with Gasteiger partial charge in [-0.15, -0.1) is 5.92 Å². The van der Waals surface area contributed by atoms with E-state index < -0.39 is 5.97 Å². The highest BCUT2D eigenvalue weighted by atomic mass is 16.4. The predicted octanol–water partition coefficient (Wildman–Crippen LogP) is 1.65. The van der Waals surface area contributed by atoms with Gasteiger partial charge in [0.2, 0.25) is 5.76 Å². The molecule has 1 atom stereocenters. The van der Waals surface area contributed by atoms with Crippen molar-refractivity contribution < 1.29 is 14.3 Å². The SMILES string of the molecule is CC#CCNC(C)c1ccc(C(=O)O)o1. The Bertz CT molecular complexity index is 397.